The molecule has 0 saturated heterocycles. The smallest absolute Gasteiger partial charge is 0.129 e. The van der Waals surface area contributed by atoms with E-state index in [0.717, 1.165) is 6.07 Å². The van der Waals surface area contributed by atoms with E-state index in [2.05, 4.69) is 15.9 Å². The van der Waals surface area contributed by atoms with Crippen LogP contribution in [-0.2, 0) is 6.42 Å². The fourth-order valence-electron chi connectivity index (χ4n) is 1.87. The molecule has 1 unspecified atom stereocenters. The lowest BCUT2D eigenvalue weighted by Gasteiger charge is -2.30. The van der Waals surface area contributed by atoms with E-state index in [1.807, 2.05) is 0 Å². The van der Waals surface area contributed by atoms with Gasteiger partial charge >= 0.3 is 0 Å². The molecule has 0 aliphatic heterocycles. The molecule has 0 radical (unpaired) electrons. The van der Waals surface area contributed by atoms with Gasteiger partial charge in [0.15, 0.2) is 0 Å². The Labute approximate surface area is 96.8 Å². The van der Waals surface area contributed by atoms with Crippen LogP contribution in [0.2, 0.25) is 0 Å². The Balaban J connectivity index is 2.03. The Bertz CT molecular complexity index is 347. The zero-order valence-electron chi connectivity index (χ0n) is 8.35. The van der Waals surface area contributed by atoms with E-state index in [9.17, 15) is 8.78 Å². The van der Waals surface area contributed by atoms with Crippen molar-refractivity contribution in [1.29, 1.82) is 0 Å². The topological polar surface area (TPSA) is 0 Å². The van der Waals surface area contributed by atoms with Crippen LogP contribution in [-0.4, -0.2) is 4.83 Å². The average Bonchev–Trinajstić information content (AvgIpc) is 2.07. The van der Waals surface area contributed by atoms with Crippen LogP contribution in [0.15, 0.2) is 18.2 Å². The third kappa shape index (κ3) is 2.57. The highest BCUT2D eigenvalue weighted by molar-refractivity contribution is 9.09. The second kappa shape index (κ2) is 4.60. The summed E-state index contributed by atoms with van der Waals surface area (Å²) in [5, 5.41) is 0. The highest BCUT2D eigenvalue weighted by Gasteiger charge is 2.25. The Morgan fingerprint density at radius 3 is 2.60 bits per heavy atom. The summed E-state index contributed by atoms with van der Waals surface area (Å²) in [6, 6.07) is 3.81. The van der Waals surface area contributed by atoms with Crippen LogP contribution in [0.5, 0.6) is 0 Å². The molecule has 0 nitrogen and oxygen atoms in total. The zero-order valence-corrected chi connectivity index (χ0v) is 9.94. The molecule has 82 valence electrons. The van der Waals surface area contributed by atoms with Gasteiger partial charge in [0.2, 0.25) is 0 Å². The Morgan fingerprint density at radius 1 is 1.33 bits per heavy atom. The predicted octanol–water partition coefficient (Wildman–Crippen LogP) is 4.07. The molecule has 2 rings (SSSR count). The third-order valence-corrected chi connectivity index (χ3v) is 4.16. The fraction of sp³-hybridized carbons (Fsp3) is 0.500. The molecule has 1 saturated carbocycles. The van der Waals surface area contributed by atoms with Crippen molar-refractivity contribution in [2.45, 2.75) is 30.5 Å². The van der Waals surface area contributed by atoms with Crippen molar-refractivity contribution in [3.63, 3.8) is 0 Å². The molecule has 1 aromatic rings. The first-order chi connectivity index (χ1) is 7.16. The van der Waals surface area contributed by atoms with Gasteiger partial charge in [0.1, 0.15) is 11.6 Å². The van der Waals surface area contributed by atoms with E-state index < -0.39 is 11.6 Å². The van der Waals surface area contributed by atoms with Gasteiger partial charge < -0.3 is 0 Å². The lowest BCUT2D eigenvalue weighted by atomic mass is 9.81. The van der Waals surface area contributed by atoms with Crippen molar-refractivity contribution in [2.24, 2.45) is 5.92 Å². The molecule has 1 fully saturated rings. The van der Waals surface area contributed by atoms with Crippen LogP contribution in [0.3, 0.4) is 0 Å². The summed E-state index contributed by atoms with van der Waals surface area (Å²) in [6.07, 6.45) is 4.37. The summed E-state index contributed by atoms with van der Waals surface area (Å²) in [6.45, 7) is 0. The van der Waals surface area contributed by atoms with Gasteiger partial charge in [-0.1, -0.05) is 28.4 Å². The SMILES string of the molecule is Fc1ccc(CC(Br)C2CCC2)c(F)c1. The number of hydrogen-bond donors (Lipinski definition) is 0. The lowest BCUT2D eigenvalue weighted by molar-refractivity contribution is 0.307. The Hall–Kier alpha value is -0.440. The van der Waals surface area contributed by atoms with Gasteiger partial charge in [-0.05, 0) is 36.8 Å². The van der Waals surface area contributed by atoms with E-state index >= 15 is 0 Å². The highest BCUT2D eigenvalue weighted by atomic mass is 79.9. The Kier molecular flexibility index (Phi) is 3.39. The maximum Gasteiger partial charge on any atom is 0.129 e. The van der Waals surface area contributed by atoms with Crippen LogP contribution in [0.1, 0.15) is 24.8 Å². The maximum atomic E-state index is 13.3. The standard InChI is InChI=1S/C12H13BrF2/c13-11(8-2-1-3-8)6-9-4-5-10(14)7-12(9)15/h4-5,7-8,11H,1-3,6H2. The number of alkyl halides is 1. The molecule has 15 heavy (non-hydrogen) atoms. The summed E-state index contributed by atoms with van der Waals surface area (Å²) < 4.78 is 26.0. The molecule has 1 atom stereocenters. The number of hydrogen-bond acceptors (Lipinski definition) is 0. The van der Waals surface area contributed by atoms with Crippen LogP contribution >= 0.6 is 15.9 Å². The number of halogens is 3. The van der Waals surface area contributed by atoms with E-state index in [-0.39, 0.29) is 0 Å². The van der Waals surface area contributed by atoms with Crippen molar-refractivity contribution in [3.05, 3.63) is 35.4 Å². The van der Waals surface area contributed by atoms with Crippen LogP contribution in [0.25, 0.3) is 0 Å². The molecule has 0 N–H and O–H groups in total. The van der Waals surface area contributed by atoms with Gasteiger partial charge in [-0.2, -0.15) is 0 Å². The molecule has 1 aliphatic carbocycles. The summed E-state index contributed by atoms with van der Waals surface area (Å²) in [5.74, 6) is -0.278. The second-order valence-corrected chi connectivity index (χ2v) is 5.32. The Morgan fingerprint density at radius 2 is 2.07 bits per heavy atom. The fourth-order valence-corrected chi connectivity index (χ4v) is 2.74. The highest BCUT2D eigenvalue weighted by Crippen LogP contribution is 2.35. The van der Waals surface area contributed by atoms with Crippen molar-refractivity contribution in [2.75, 3.05) is 0 Å². The quantitative estimate of drug-likeness (QED) is 0.729. The van der Waals surface area contributed by atoms with Crippen LogP contribution < -0.4 is 0 Å². The normalized spacial score (nSPS) is 18.6. The monoisotopic (exact) mass is 274 g/mol. The lowest BCUT2D eigenvalue weighted by Crippen LogP contribution is -2.24. The van der Waals surface area contributed by atoms with Crippen LogP contribution in [0.4, 0.5) is 8.78 Å². The summed E-state index contributed by atoms with van der Waals surface area (Å²) >= 11 is 3.58. The average molecular weight is 275 g/mol. The number of benzene rings is 1. The minimum atomic E-state index is -0.508. The first-order valence-corrected chi connectivity index (χ1v) is 6.16. The van der Waals surface area contributed by atoms with E-state index in [1.165, 1.54) is 31.4 Å². The molecule has 1 aromatic carbocycles. The predicted molar refractivity (Wildman–Crippen MR) is 60.1 cm³/mol. The first-order valence-electron chi connectivity index (χ1n) is 5.25. The van der Waals surface area contributed by atoms with E-state index in [0.29, 0.717) is 22.7 Å². The zero-order chi connectivity index (χ0) is 10.8. The molecule has 0 heterocycles. The second-order valence-electron chi connectivity index (χ2n) is 4.15. The van der Waals surface area contributed by atoms with Gasteiger partial charge in [-0.3, -0.25) is 0 Å². The van der Waals surface area contributed by atoms with Crippen molar-refractivity contribution < 1.29 is 8.78 Å². The van der Waals surface area contributed by atoms with Gasteiger partial charge in [0.25, 0.3) is 0 Å². The largest absolute Gasteiger partial charge is 0.207 e. The molecule has 0 bridgehead atoms. The van der Waals surface area contributed by atoms with Crippen molar-refractivity contribution in [1.82, 2.24) is 0 Å². The van der Waals surface area contributed by atoms with Gasteiger partial charge in [-0.15, -0.1) is 0 Å². The molecule has 1 aliphatic rings. The molecule has 0 amide bonds. The van der Waals surface area contributed by atoms with Crippen molar-refractivity contribution in [3.8, 4) is 0 Å². The molecular formula is C12H13BrF2. The van der Waals surface area contributed by atoms with Gasteiger partial charge in [0.05, 0.1) is 0 Å². The number of rotatable bonds is 3. The van der Waals surface area contributed by atoms with Crippen molar-refractivity contribution >= 4 is 15.9 Å². The maximum absolute atomic E-state index is 13.3. The van der Waals surface area contributed by atoms with Crippen LogP contribution in [0, 0.1) is 17.6 Å². The van der Waals surface area contributed by atoms with Gasteiger partial charge in [0, 0.05) is 10.9 Å². The molecular weight excluding hydrogens is 262 g/mol. The minimum Gasteiger partial charge on any atom is -0.207 e. The summed E-state index contributed by atoms with van der Waals surface area (Å²) in [7, 11) is 0. The van der Waals surface area contributed by atoms with Gasteiger partial charge in [-0.25, -0.2) is 8.78 Å². The minimum absolute atomic E-state index is 0.325. The van der Waals surface area contributed by atoms with E-state index in [1.54, 1.807) is 0 Å². The third-order valence-electron chi connectivity index (χ3n) is 3.09. The summed E-state index contributed by atoms with van der Waals surface area (Å²) in [4.78, 5) is 0.325. The van der Waals surface area contributed by atoms with E-state index in [4.69, 9.17) is 0 Å². The first kappa shape index (κ1) is 11.1. The molecule has 3 heteroatoms. The molecule has 0 spiro atoms. The summed E-state index contributed by atoms with van der Waals surface area (Å²) in [5.41, 5.74) is 0.602. The molecule has 0 aromatic heterocycles.